The van der Waals surface area contributed by atoms with Gasteiger partial charge in [-0.15, -0.1) is 11.6 Å². The van der Waals surface area contributed by atoms with Gasteiger partial charge in [0.1, 0.15) is 17.4 Å². The van der Waals surface area contributed by atoms with Crippen LogP contribution in [-0.4, -0.2) is 11.8 Å². The van der Waals surface area contributed by atoms with Crippen LogP contribution in [0, 0.1) is 17.1 Å². The average molecular weight is 255 g/mol. The molecule has 0 heterocycles. The maximum absolute atomic E-state index is 13.2. The van der Waals surface area contributed by atoms with Gasteiger partial charge in [-0.05, 0) is 25.0 Å². The quantitative estimate of drug-likeness (QED) is 0.649. The Morgan fingerprint density at radius 2 is 2.24 bits per heavy atom. The second-order valence-electron chi connectivity index (χ2n) is 3.47. The molecule has 1 rings (SSSR count). The molecule has 0 atom stereocenters. The lowest BCUT2D eigenvalue weighted by molar-refractivity contribution is -0.116. The molecule has 1 N–H and O–H groups in total. The van der Waals surface area contributed by atoms with Gasteiger partial charge in [0.15, 0.2) is 0 Å². The summed E-state index contributed by atoms with van der Waals surface area (Å²) in [7, 11) is 0. The predicted octanol–water partition coefficient (Wildman–Crippen LogP) is 3.04. The molecular formula is C12H12ClFN2O. The fraction of sp³-hybridized carbons (Fsp3) is 0.333. The van der Waals surface area contributed by atoms with Crippen LogP contribution in [0.5, 0.6) is 0 Å². The van der Waals surface area contributed by atoms with Gasteiger partial charge in [0, 0.05) is 12.3 Å². The van der Waals surface area contributed by atoms with Crippen molar-refractivity contribution in [2.75, 3.05) is 11.2 Å². The summed E-state index contributed by atoms with van der Waals surface area (Å²) in [6.07, 6.45) is 1.74. The average Bonchev–Trinajstić information content (AvgIpc) is 2.29. The molecule has 17 heavy (non-hydrogen) atoms. The van der Waals surface area contributed by atoms with E-state index in [4.69, 9.17) is 16.9 Å². The Bertz CT molecular complexity index is 443. The zero-order valence-electron chi connectivity index (χ0n) is 9.17. The molecule has 0 aliphatic rings. The Hall–Kier alpha value is -1.60. The number of unbranched alkanes of at least 4 members (excludes halogenated alkanes) is 1. The molecular weight excluding hydrogens is 243 g/mol. The van der Waals surface area contributed by atoms with E-state index in [0.717, 1.165) is 6.42 Å². The first-order valence-corrected chi connectivity index (χ1v) is 5.77. The molecule has 0 radical (unpaired) electrons. The zero-order valence-corrected chi connectivity index (χ0v) is 9.93. The lowest BCUT2D eigenvalue weighted by Gasteiger charge is -2.06. The first-order chi connectivity index (χ1) is 8.19. The van der Waals surface area contributed by atoms with Crippen molar-refractivity contribution in [3.63, 3.8) is 0 Å². The van der Waals surface area contributed by atoms with E-state index in [1.807, 2.05) is 0 Å². The number of hydrogen-bond acceptors (Lipinski definition) is 2. The molecule has 0 spiro atoms. The van der Waals surface area contributed by atoms with Gasteiger partial charge < -0.3 is 5.32 Å². The maximum atomic E-state index is 13.2. The van der Waals surface area contributed by atoms with Crippen LogP contribution >= 0.6 is 11.6 Å². The molecule has 1 amide bonds. The van der Waals surface area contributed by atoms with Crippen LogP contribution < -0.4 is 5.32 Å². The largest absolute Gasteiger partial charge is 0.325 e. The lowest BCUT2D eigenvalue weighted by Crippen LogP contribution is -2.12. The molecule has 0 fully saturated rings. The minimum absolute atomic E-state index is 0.141. The topological polar surface area (TPSA) is 52.9 Å². The lowest BCUT2D eigenvalue weighted by atomic mass is 10.1. The van der Waals surface area contributed by atoms with Crippen LogP contribution in [0.3, 0.4) is 0 Å². The summed E-state index contributed by atoms with van der Waals surface area (Å²) in [4.78, 5) is 11.5. The van der Waals surface area contributed by atoms with Crippen LogP contribution in [0.1, 0.15) is 24.8 Å². The highest BCUT2D eigenvalue weighted by molar-refractivity contribution is 6.17. The number of carbonyl (C=O) groups excluding carboxylic acids is 1. The summed E-state index contributed by atoms with van der Waals surface area (Å²) in [6.45, 7) is 0. The van der Waals surface area contributed by atoms with Crippen LogP contribution in [0.15, 0.2) is 18.2 Å². The molecule has 0 unspecified atom stereocenters. The monoisotopic (exact) mass is 254 g/mol. The number of benzene rings is 1. The molecule has 0 saturated carbocycles. The number of nitrogens with one attached hydrogen (secondary N) is 1. The van der Waals surface area contributed by atoms with E-state index in [0.29, 0.717) is 18.7 Å². The number of halogens is 2. The fourth-order valence-electron chi connectivity index (χ4n) is 1.33. The third-order valence-electron chi connectivity index (χ3n) is 2.19. The van der Waals surface area contributed by atoms with Crippen molar-refractivity contribution in [2.45, 2.75) is 19.3 Å². The molecule has 3 nitrogen and oxygen atoms in total. The number of nitriles is 1. The van der Waals surface area contributed by atoms with Crippen molar-refractivity contribution < 1.29 is 9.18 Å². The molecule has 0 bridgehead atoms. The van der Waals surface area contributed by atoms with Gasteiger partial charge in [-0.3, -0.25) is 4.79 Å². The minimum Gasteiger partial charge on any atom is -0.325 e. The van der Waals surface area contributed by atoms with Crippen molar-refractivity contribution in [1.29, 1.82) is 5.26 Å². The van der Waals surface area contributed by atoms with Crippen molar-refractivity contribution in [1.82, 2.24) is 0 Å². The van der Waals surface area contributed by atoms with Crippen LogP contribution in [0.25, 0.3) is 0 Å². The first kappa shape index (κ1) is 13.5. The molecule has 0 aromatic heterocycles. The van der Waals surface area contributed by atoms with Crippen molar-refractivity contribution in [3.05, 3.63) is 29.6 Å². The summed E-state index contributed by atoms with van der Waals surface area (Å²) in [5.74, 6) is -0.361. The fourth-order valence-corrected chi connectivity index (χ4v) is 1.52. The minimum atomic E-state index is -0.633. The summed E-state index contributed by atoms with van der Waals surface area (Å²) >= 11 is 5.49. The Morgan fingerprint density at radius 1 is 1.47 bits per heavy atom. The second kappa shape index (κ2) is 6.87. The predicted molar refractivity (Wildman–Crippen MR) is 64.3 cm³/mol. The summed E-state index contributed by atoms with van der Waals surface area (Å²) in [5.41, 5.74) is 0.0709. The van der Waals surface area contributed by atoms with Gasteiger partial charge in [-0.25, -0.2) is 4.39 Å². The molecule has 5 heteroatoms. The van der Waals surface area contributed by atoms with E-state index in [-0.39, 0.29) is 17.2 Å². The van der Waals surface area contributed by atoms with Gasteiger partial charge in [0.2, 0.25) is 5.91 Å². The third-order valence-corrected chi connectivity index (χ3v) is 2.45. The van der Waals surface area contributed by atoms with E-state index >= 15 is 0 Å². The van der Waals surface area contributed by atoms with E-state index in [9.17, 15) is 9.18 Å². The third kappa shape index (κ3) is 4.04. The van der Waals surface area contributed by atoms with Gasteiger partial charge in [-0.2, -0.15) is 5.26 Å². The van der Waals surface area contributed by atoms with E-state index in [1.165, 1.54) is 18.2 Å². The first-order valence-electron chi connectivity index (χ1n) is 5.23. The van der Waals surface area contributed by atoms with Gasteiger partial charge in [0.05, 0.1) is 5.69 Å². The molecule has 1 aromatic rings. The molecule has 0 saturated heterocycles. The number of alkyl halides is 1. The molecule has 0 aliphatic heterocycles. The highest BCUT2D eigenvalue weighted by Gasteiger charge is 2.10. The summed E-state index contributed by atoms with van der Waals surface area (Å²) in [6, 6.07) is 5.86. The summed E-state index contributed by atoms with van der Waals surface area (Å²) < 4.78 is 13.2. The number of anilines is 1. The van der Waals surface area contributed by atoms with E-state index in [1.54, 1.807) is 6.07 Å². The van der Waals surface area contributed by atoms with Gasteiger partial charge in [0.25, 0.3) is 0 Å². The SMILES string of the molecule is N#Cc1c(F)cccc1NC(=O)CCCCCl. The van der Waals surface area contributed by atoms with Crippen LogP contribution in [0.2, 0.25) is 0 Å². The Kier molecular flexibility index (Phi) is 5.44. The van der Waals surface area contributed by atoms with Crippen LogP contribution in [-0.2, 0) is 4.79 Å². The van der Waals surface area contributed by atoms with Crippen LogP contribution in [0.4, 0.5) is 10.1 Å². The number of carbonyl (C=O) groups is 1. The molecule has 0 aliphatic carbocycles. The number of hydrogen-bond donors (Lipinski definition) is 1. The maximum Gasteiger partial charge on any atom is 0.224 e. The number of nitrogens with zero attached hydrogens (tertiary/aromatic N) is 1. The highest BCUT2D eigenvalue weighted by Crippen LogP contribution is 2.18. The normalized spacial score (nSPS) is 9.71. The van der Waals surface area contributed by atoms with Crippen molar-refractivity contribution >= 4 is 23.2 Å². The Balaban J connectivity index is 2.66. The number of rotatable bonds is 5. The van der Waals surface area contributed by atoms with Gasteiger partial charge >= 0.3 is 0 Å². The summed E-state index contributed by atoms with van der Waals surface area (Å²) in [5, 5.41) is 11.3. The molecule has 90 valence electrons. The number of amides is 1. The van der Waals surface area contributed by atoms with Gasteiger partial charge in [-0.1, -0.05) is 6.07 Å². The van der Waals surface area contributed by atoms with E-state index in [2.05, 4.69) is 5.32 Å². The highest BCUT2D eigenvalue weighted by atomic mass is 35.5. The molecule has 1 aromatic carbocycles. The zero-order chi connectivity index (χ0) is 12.7. The van der Waals surface area contributed by atoms with E-state index < -0.39 is 5.82 Å². The smallest absolute Gasteiger partial charge is 0.224 e. The standard InChI is InChI=1S/C12H12ClFN2O/c13-7-2-1-6-12(17)16-11-5-3-4-10(14)9(11)8-15/h3-5H,1-2,6-7H2,(H,16,17). The Labute approximate surface area is 104 Å². The Morgan fingerprint density at radius 3 is 2.88 bits per heavy atom. The van der Waals surface area contributed by atoms with Crippen molar-refractivity contribution in [3.8, 4) is 6.07 Å². The van der Waals surface area contributed by atoms with Crippen molar-refractivity contribution in [2.24, 2.45) is 0 Å². The second-order valence-corrected chi connectivity index (χ2v) is 3.85.